The van der Waals surface area contributed by atoms with Crippen LogP contribution in [0.2, 0.25) is 0 Å². The molecule has 0 saturated carbocycles. The summed E-state index contributed by atoms with van der Waals surface area (Å²) in [6, 6.07) is 62.2. The zero-order valence-corrected chi connectivity index (χ0v) is 33.7. The number of hydrogen-bond donors (Lipinski definition) is 0. The van der Waals surface area contributed by atoms with Crippen LogP contribution in [0, 0.1) is 0 Å². The first-order valence-corrected chi connectivity index (χ1v) is 20.8. The van der Waals surface area contributed by atoms with E-state index in [-0.39, 0.29) is 35.1 Å². The van der Waals surface area contributed by atoms with E-state index < -0.39 is 6.04 Å². The average Bonchev–Trinajstić information content (AvgIpc) is 3.86. The van der Waals surface area contributed by atoms with Gasteiger partial charge < -0.3 is 9.32 Å². The molecule has 2 heteroatoms. The van der Waals surface area contributed by atoms with E-state index in [9.17, 15) is 0 Å². The lowest BCUT2D eigenvalue weighted by molar-refractivity contribution is 0.660. The molecule has 1 aromatic heterocycles. The molecule has 11 aromatic rings. The summed E-state index contributed by atoms with van der Waals surface area (Å²) in [6.07, 6.45) is 0. The van der Waals surface area contributed by atoms with E-state index in [1.165, 1.54) is 22.3 Å². The van der Waals surface area contributed by atoms with Crippen LogP contribution in [0.4, 0.5) is 17.1 Å². The largest absolute Gasteiger partial charge is 0.455 e. The maximum atomic E-state index is 8.98. The molecule has 0 saturated heterocycles. The summed E-state index contributed by atoms with van der Waals surface area (Å²) in [5.74, 6) is 0. The molecule has 1 aliphatic rings. The van der Waals surface area contributed by atoms with E-state index in [4.69, 9.17) is 11.3 Å². The van der Waals surface area contributed by atoms with E-state index in [1.54, 1.807) is 0 Å². The fourth-order valence-corrected chi connectivity index (χ4v) is 9.82. The van der Waals surface area contributed by atoms with Gasteiger partial charge in [-0.05, 0) is 103 Å². The van der Waals surface area contributed by atoms with Crippen LogP contribution >= 0.6 is 0 Å². The SMILES string of the molecule is [2H]c1c([2H])c([2H])c(-c2ccc(-c3ccc(N(c4ccc(-c5ccccc5)cc4)c4ccc5c(c4)C(C)(C)c4ccccc4-5)c4ccccc34)c3c2oc2c4ccccc4ccc23)c([2H])c1[2H]. The number of anilines is 3. The summed E-state index contributed by atoms with van der Waals surface area (Å²) in [5.41, 5.74) is 13.9. The van der Waals surface area contributed by atoms with Crippen LogP contribution in [0.15, 0.2) is 217 Å². The van der Waals surface area contributed by atoms with E-state index in [2.05, 4.69) is 158 Å². The van der Waals surface area contributed by atoms with Gasteiger partial charge in [-0.3, -0.25) is 0 Å². The van der Waals surface area contributed by atoms with Crippen molar-refractivity contribution in [3.05, 3.63) is 223 Å². The Kier molecular flexibility index (Phi) is 6.82. The van der Waals surface area contributed by atoms with Gasteiger partial charge in [0.15, 0.2) is 0 Å². The molecule has 0 N–H and O–H groups in total. The smallest absolute Gasteiger partial charge is 0.143 e. The van der Waals surface area contributed by atoms with Gasteiger partial charge in [-0.25, -0.2) is 0 Å². The van der Waals surface area contributed by atoms with Crippen molar-refractivity contribution in [2.45, 2.75) is 19.3 Å². The standard InChI is InChI=1S/C59H41NO/c1-59(2)53-24-14-13-22-48(53)49-32-30-43(37-54(49)59)60(42-28-25-39(26-29-42)38-15-5-3-6-16-38)55-36-35-47(46-21-11-12-23-50(46)55)51-34-33-45(40-17-7-4-8-18-40)58-56(51)52-31-27-41-19-9-10-20-44(41)57(52)61-58/h3-37H,1-2H3/i4D,7D,8D,17D,18D. The third kappa shape index (κ3) is 5.49. The Hall–Kier alpha value is -7.68. The second-order valence-electron chi connectivity index (χ2n) is 16.5. The topological polar surface area (TPSA) is 16.4 Å². The Morgan fingerprint density at radius 2 is 1.07 bits per heavy atom. The molecule has 0 atom stereocenters. The highest BCUT2D eigenvalue weighted by atomic mass is 16.3. The number of furan rings is 1. The molecule has 0 aliphatic heterocycles. The van der Waals surface area contributed by atoms with Gasteiger partial charge in [-0.1, -0.05) is 184 Å². The summed E-state index contributed by atoms with van der Waals surface area (Å²) < 4.78 is 50.3. The van der Waals surface area contributed by atoms with E-state index >= 15 is 0 Å². The highest BCUT2D eigenvalue weighted by Crippen LogP contribution is 2.52. The zero-order chi connectivity index (χ0) is 45.0. The Balaban J connectivity index is 1.10. The van der Waals surface area contributed by atoms with Crippen molar-refractivity contribution in [1.82, 2.24) is 0 Å². The van der Waals surface area contributed by atoms with E-state index in [0.717, 1.165) is 71.6 Å². The van der Waals surface area contributed by atoms with Gasteiger partial charge in [0.1, 0.15) is 11.2 Å². The number of fused-ring (bicyclic) bond motifs is 9. The second kappa shape index (κ2) is 13.7. The number of hydrogen-bond acceptors (Lipinski definition) is 2. The Morgan fingerprint density at radius 1 is 0.426 bits per heavy atom. The average molecular weight is 785 g/mol. The van der Waals surface area contributed by atoms with Crippen LogP contribution in [0.1, 0.15) is 31.8 Å². The number of rotatable bonds is 6. The van der Waals surface area contributed by atoms with Gasteiger partial charge in [-0.15, -0.1) is 0 Å². The molecule has 1 heterocycles. The summed E-state index contributed by atoms with van der Waals surface area (Å²) in [7, 11) is 0. The second-order valence-corrected chi connectivity index (χ2v) is 16.5. The third-order valence-electron chi connectivity index (χ3n) is 12.8. The Morgan fingerprint density at radius 3 is 1.90 bits per heavy atom. The third-order valence-corrected chi connectivity index (χ3v) is 12.8. The monoisotopic (exact) mass is 784 g/mol. The van der Waals surface area contributed by atoms with Crippen molar-refractivity contribution < 1.29 is 11.3 Å². The highest BCUT2D eigenvalue weighted by molar-refractivity contribution is 6.23. The van der Waals surface area contributed by atoms with Gasteiger partial charge >= 0.3 is 0 Å². The Labute approximate surface area is 362 Å². The molecule has 0 bridgehead atoms. The molecule has 0 unspecified atom stereocenters. The normalized spacial score (nSPS) is 14.0. The van der Waals surface area contributed by atoms with Gasteiger partial charge in [0.2, 0.25) is 0 Å². The predicted molar refractivity (Wildman–Crippen MR) is 257 cm³/mol. The first kappa shape index (κ1) is 30.4. The van der Waals surface area contributed by atoms with Crippen LogP contribution in [0.5, 0.6) is 0 Å². The quantitative estimate of drug-likeness (QED) is 0.167. The summed E-state index contributed by atoms with van der Waals surface area (Å²) in [4.78, 5) is 2.37. The number of benzene rings is 10. The van der Waals surface area contributed by atoms with Crippen LogP contribution in [0.3, 0.4) is 0 Å². The van der Waals surface area contributed by atoms with Crippen molar-refractivity contribution in [3.63, 3.8) is 0 Å². The molecule has 288 valence electrons. The van der Waals surface area contributed by atoms with Crippen molar-refractivity contribution in [2.24, 2.45) is 0 Å². The van der Waals surface area contributed by atoms with E-state index in [1.807, 2.05) is 42.5 Å². The lowest BCUT2D eigenvalue weighted by Gasteiger charge is -2.29. The van der Waals surface area contributed by atoms with Gasteiger partial charge in [-0.2, -0.15) is 0 Å². The summed E-state index contributed by atoms with van der Waals surface area (Å²) >= 11 is 0. The maximum Gasteiger partial charge on any atom is 0.143 e. The van der Waals surface area contributed by atoms with Crippen molar-refractivity contribution in [2.75, 3.05) is 4.90 Å². The van der Waals surface area contributed by atoms with Gasteiger partial charge in [0.05, 0.1) is 12.5 Å². The molecule has 1 aliphatic carbocycles. The van der Waals surface area contributed by atoms with Crippen molar-refractivity contribution in [3.8, 4) is 44.5 Å². The molecule has 2 nitrogen and oxygen atoms in total. The number of nitrogens with zero attached hydrogens (tertiary/aromatic N) is 1. The van der Waals surface area contributed by atoms with Crippen molar-refractivity contribution >= 4 is 60.5 Å². The van der Waals surface area contributed by atoms with Crippen LogP contribution in [-0.4, -0.2) is 0 Å². The minimum Gasteiger partial charge on any atom is -0.455 e. The fourth-order valence-electron chi connectivity index (χ4n) is 9.82. The minimum absolute atomic E-state index is 0.107. The van der Waals surface area contributed by atoms with Crippen molar-refractivity contribution in [1.29, 1.82) is 0 Å². The summed E-state index contributed by atoms with van der Waals surface area (Å²) in [6.45, 7) is 4.63. The fraction of sp³-hybridized carbons (Fsp3) is 0.0508. The molecular weight excluding hydrogens is 739 g/mol. The maximum absolute atomic E-state index is 8.98. The van der Waals surface area contributed by atoms with Crippen LogP contribution in [0.25, 0.3) is 88.0 Å². The first-order valence-electron chi connectivity index (χ1n) is 23.3. The molecule has 12 rings (SSSR count). The van der Waals surface area contributed by atoms with Crippen LogP contribution < -0.4 is 4.90 Å². The molecule has 0 radical (unpaired) electrons. The van der Waals surface area contributed by atoms with Gasteiger partial charge in [0, 0.05) is 43.9 Å². The highest BCUT2D eigenvalue weighted by Gasteiger charge is 2.36. The van der Waals surface area contributed by atoms with Gasteiger partial charge in [0.25, 0.3) is 0 Å². The predicted octanol–water partition coefficient (Wildman–Crippen LogP) is 16.7. The van der Waals surface area contributed by atoms with Crippen LogP contribution in [-0.2, 0) is 5.41 Å². The lowest BCUT2D eigenvalue weighted by Crippen LogP contribution is -2.16. The molecule has 61 heavy (non-hydrogen) atoms. The lowest BCUT2D eigenvalue weighted by atomic mass is 9.82. The van der Waals surface area contributed by atoms with E-state index in [0.29, 0.717) is 16.7 Å². The molecular formula is C59H41NO. The molecule has 0 amide bonds. The zero-order valence-electron chi connectivity index (χ0n) is 38.7. The molecule has 0 fully saturated rings. The minimum atomic E-state index is -0.432. The first-order chi connectivity index (χ1) is 32.1. The summed E-state index contributed by atoms with van der Waals surface area (Å²) in [5, 5.41) is 5.71. The Bertz CT molecular complexity index is 3770. The molecule has 0 spiro atoms. The molecule has 10 aromatic carbocycles.